The van der Waals surface area contributed by atoms with Gasteiger partial charge in [-0.25, -0.2) is 4.79 Å². The summed E-state index contributed by atoms with van der Waals surface area (Å²) in [5.74, 6) is -0.568. The lowest BCUT2D eigenvalue weighted by Crippen LogP contribution is -2.58. The number of fused-ring (bicyclic) bond motifs is 1. The van der Waals surface area contributed by atoms with Gasteiger partial charge in [0.25, 0.3) is 5.69 Å². The molecule has 2 saturated heterocycles. The molecule has 1 aromatic heterocycles. The molecule has 4 rings (SSSR count). The molecule has 2 aromatic rings. The third-order valence-electron chi connectivity index (χ3n) is 4.91. The summed E-state index contributed by atoms with van der Waals surface area (Å²) in [5.41, 5.74) is 0.603. The first kappa shape index (κ1) is 18.4. The Bertz CT molecular complexity index is 919. The van der Waals surface area contributed by atoms with Crippen LogP contribution in [0, 0.1) is 10.1 Å². The van der Waals surface area contributed by atoms with E-state index >= 15 is 0 Å². The van der Waals surface area contributed by atoms with E-state index < -0.39 is 21.7 Å². The van der Waals surface area contributed by atoms with Crippen LogP contribution in [0.2, 0.25) is 0 Å². The van der Waals surface area contributed by atoms with Crippen molar-refractivity contribution in [3.63, 3.8) is 0 Å². The van der Waals surface area contributed by atoms with E-state index in [9.17, 15) is 19.7 Å². The number of non-ortho nitro benzene ring substituents is 1. The van der Waals surface area contributed by atoms with Crippen molar-refractivity contribution in [1.82, 2.24) is 19.9 Å². The van der Waals surface area contributed by atoms with Crippen LogP contribution in [-0.4, -0.2) is 52.9 Å². The van der Waals surface area contributed by atoms with E-state index in [-0.39, 0.29) is 23.6 Å². The van der Waals surface area contributed by atoms with Gasteiger partial charge in [0.15, 0.2) is 0 Å². The monoisotopic (exact) mass is 403 g/mol. The molecule has 3 atom stereocenters. The summed E-state index contributed by atoms with van der Waals surface area (Å²) in [6, 6.07) is 5.07. The van der Waals surface area contributed by atoms with E-state index in [4.69, 9.17) is 4.74 Å². The average molecular weight is 403 g/mol. The molecule has 0 aliphatic carbocycles. The van der Waals surface area contributed by atoms with Crippen molar-refractivity contribution in [3.05, 3.63) is 52.3 Å². The number of aromatic nitrogens is 3. The van der Waals surface area contributed by atoms with Gasteiger partial charge in [-0.2, -0.15) is 0 Å². The summed E-state index contributed by atoms with van der Waals surface area (Å²) in [6.07, 6.45) is 3.68. The van der Waals surface area contributed by atoms with Crippen LogP contribution in [0.5, 0.6) is 0 Å². The van der Waals surface area contributed by atoms with Crippen LogP contribution in [0.4, 0.5) is 5.69 Å². The number of ether oxygens (including phenoxy) is 1. The number of esters is 1. The number of hydrogen-bond acceptors (Lipinski definition) is 8. The fraction of sp³-hybridized carbons (Fsp3) is 0.412. The standard InChI is InChI=1S/C17H17N5O5S/c1-17(10-20-7-6-18-19-20)15(21-13(23)8-14(21)28-17)16(24)27-9-11-2-4-12(5-3-11)22(25)26/h2-7,14-15H,8-10H2,1H3. The normalized spacial score (nSPS) is 25.9. The van der Waals surface area contributed by atoms with Crippen molar-refractivity contribution in [3.8, 4) is 0 Å². The Kier molecular flexibility index (Phi) is 4.53. The van der Waals surface area contributed by atoms with Crippen molar-refractivity contribution in [2.75, 3.05) is 0 Å². The molecule has 2 aliphatic heterocycles. The minimum atomic E-state index is -0.731. The van der Waals surface area contributed by atoms with Crippen molar-refractivity contribution >= 4 is 29.3 Å². The second-order valence-electron chi connectivity index (χ2n) is 6.92. The van der Waals surface area contributed by atoms with Gasteiger partial charge in [0, 0.05) is 18.3 Å². The molecule has 28 heavy (non-hydrogen) atoms. The Hall–Kier alpha value is -2.95. The van der Waals surface area contributed by atoms with Crippen LogP contribution in [0.25, 0.3) is 0 Å². The lowest BCUT2D eigenvalue weighted by atomic mass is 9.96. The summed E-state index contributed by atoms with van der Waals surface area (Å²) in [5, 5.41) is 18.4. The largest absolute Gasteiger partial charge is 0.459 e. The van der Waals surface area contributed by atoms with Crippen LogP contribution in [0.15, 0.2) is 36.7 Å². The van der Waals surface area contributed by atoms with E-state index in [0.29, 0.717) is 18.5 Å². The summed E-state index contributed by atoms with van der Waals surface area (Å²) in [6.45, 7) is 2.31. The number of nitrogens with zero attached hydrogens (tertiary/aromatic N) is 5. The highest BCUT2D eigenvalue weighted by Gasteiger charge is 2.61. The third kappa shape index (κ3) is 3.21. The topological polar surface area (TPSA) is 120 Å². The predicted molar refractivity (Wildman–Crippen MR) is 97.9 cm³/mol. The first-order valence-corrected chi connectivity index (χ1v) is 9.48. The van der Waals surface area contributed by atoms with Gasteiger partial charge in [-0.1, -0.05) is 5.21 Å². The molecular formula is C17H17N5O5S. The minimum absolute atomic E-state index is 0.0237. The summed E-state index contributed by atoms with van der Waals surface area (Å²) < 4.78 is 6.51. The maximum Gasteiger partial charge on any atom is 0.330 e. The van der Waals surface area contributed by atoms with Crippen molar-refractivity contribution in [1.29, 1.82) is 0 Å². The first-order chi connectivity index (χ1) is 13.4. The van der Waals surface area contributed by atoms with Gasteiger partial charge in [0.05, 0.1) is 34.2 Å². The quantitative estimate of drug-likeness (QED) is 0.307. The number of nitro groups is 1. The number of carbonyl (C=O) groups is 2. The molecule has 146 valence electrons. The Balaban J connectivity index is 1.48. The van der Waals surface area contributed by atoms with E-state index in [1.54, 1.807) is 45.9 Å². The lowest BCUT2D eigenvalue weighted by molar-refractivity contribution is -0.384. The number of thioether (sulfide) groups is 1. The average Bonchev–Trinajstić information content (AvgIpc) is 3.24. The number of carbonyl (C=O) groups excluding carboxylic acids is 2. The number of β-lactam (4-membered cyclic amide) rings is 1. The molecule has 1 aromatic carbocycles. The van der Waals surface area contributed by atoms with E-state index in [1.807, 2.05) is 6.92 Å². The van der Waals surface area contributed by atoms with Crippen molar-refractivity contribution < 1.29 is 19.2 Å². The molecule has 3 unspecified atom stereocenters. The molecule has 0 N–H and O–H groups in total. The highest BCUT2D eigenvalue weighted by molar-refractivity contribution is 8.01. The fourth-order valence-electron chi connectivity index (χ4n) is 3.55. The van der Waals surface area contributed by atoms with Crippen LogP contribution in [0.1, 0.15) is 18.9 Å². The second kappa shape index (κ2) is 6.89. The molecule has 0 radical (unpaired) electrons. The summed E-state index contributed by atoms with van der Waals surface area (Å²) in [7, 11) is 0. The van der Waals surface area contributed by atoms with Crippen molar-refractivity contribution in [2.45, 2.75) is 42.7 Å². The highest BCUT2D eigenvalue weighted by Crippen LogP contribution is 2.51. The maximum atomic E-state index is 12.9. The number of amides is 1. The Morgan fingerprint density at radius 3 is 2.79 bits per heavy atom. The Morgan fingerprint density at radius 2 is 2.18 bits per heavy atom. The highest BCUT2D eigenvalue weighted by atomic mass is 32.2. The maximum absolute atomic E-state index is 12.9. The van der Waals surface area contributed by atoms with Crippen LogP contribution in [0.3, 0.4) is 0 Å². The number of benzene rings is 1. The van der Waals surface area contributed by atoms with E-state index in [1.165, 1.54) is 12.1 Å². The summed E-state index contributed by atoms with van der Waals surface area (Å²) in [4.78, 5) is 36.8. The number of nitro benzene ring substituents is 1. The Morgan fingerprint density at radius 1 is 1.43 bits per heavy atom. The van der Waals surface area contributed by atoms with Crippen molar-refractivity contribution in [2.24, 2.45) is 0 Å². The van der Waals surface area contributed by atoms with Gasteiger partial charge < -0.3 is 9.64 Å². The van der Waals surface area contributed by atoms with Gasteiger partial charge in [0.2, 0.25) is 5.91 Å². The van der Waals surface area contributed by atoms with Crippen LogP contribution >= 0.6 is 11.8 Å². The molecule has 0 spiro atoms. The number of rotatable bonds is 6. The molecule has 3 heterocycles. The predicted octanol–water partition coefficient (Wildman–Crippen LogP) is 1.36. The lowest BCUT2D eigenvalue weighted by Gasteiger charge is -2.37. The fourth-order valence-corrected chi connectivity index (χ4v) is 5.30. The third-order valence-corrected chi connectivity index (χ3v) is 6.47. The van der Waals surface area contributed by atoms with Gasteiger partial charge >= 0.3 is 5.97 Å². The zero-order valence-corrected chi connectivity index (χ0v) is 15.7. The Labute approximate surface area is 164 Å². The van der Waals surface area contributed by atoms with E-state index in [2.05, 4.69) is 10.3 Å². The SMILES string of the molecule is CC1(Cn2ccnn2)SC2CC(=O)N2C1C(=O)OCc1ccc([N+](=O)[O-])cc1. The molecule has 2 fully saturated rings. The molecule has 1 amide bonds. The van der Waals surface area contributed by atoms with Crippen LogP contribution in [-0.2, 0) is 27.5 Å². The van der Waals surface area contributed by atoms with Gasteiger partial charge in [0.1, 0.15) is 12.6 Å². The summed E-state index contributed by atoms with van der Waals surface area (Å²) >= 11 is 1.57. The molecule has 0 bridgehead atoms. The zero-order valence-electron chi connectivity index (χ0n) is 14.9. The van der Waals surface area contributed by atoms with Gasteiger partial charge in [-0.05, 0) is 24.6 Å². The minimum Gasteiger partial charge on any atom is -0.459 e. The van der Waals surface area contributed by atoms with Crippen LogP contribution < -0.4 is 0 Å². The molecule has 10 nitrogen and oxygen atoms in total. The number of hydrogen-bond donors (Lipinski definition) is 0. The molecule has 0 saturated carbocycles. The zero-order chi connectivity index (χ0) is 19.9. The molecule has 2 aliphatic rings. The first-order valence-electron chi connectivity index (χ1n) is 8.60. The molecule has 11 heteroatoms. The van der Waals surface area contributed by atoms with E-state index in [0.717, 1.165) is 0 Å². The van der Waals surface area contributed by atoms with Gasteiger partial charge in [-0.15, -0.1) is 16.9 Å². The molecular weight excluding hydrogens is 386 g/mol. The van der Waals surface area contributed by atoms with Gasteiger partial charge in [-0.3, -0.25) is 19.6 Å². The second-order valence-corrected chi connectivity index (χ2v) is 8.64. The smallest absolute Gasteiger partial charge is 0.330 e.